The van der Waals surface area contributed by atoms with Crippen molar-refractivity contribution in [3.05, 3.63) is 35.4 Å². The summed E-state index contributed by atoms with van der Waals surface area (Å²) in [7, 11) is 0. The third-order valence-electron chi connectivity index (χ3n) is 4.71. The Morgan fingerprint density at radius 2 is 1.04 bits per heavy atom. The van der Waals surface area contributed by atoms with E-state index < -0.39 is 0 Å². The third-order valence-corrected chi connectivity index (χ3v) is 5.83. The van der Waals surface area contributed by atoms with Gasteiger partial charge in [0, 0.05) is 10.7 Å². The Morgan fingerprint density at radius 1 is 0.615 bits per heavy atom. The second kappa shape index (κ2) is 11.9. The Labute approximate surface area is 174 Å². The Balaban J connectivity index is 2.03. The zero-order chi connectivity index (χ0) is 18.8. The van der Waals surface area contributed by atoms with Crippen LogP contribution in [0, 0.1) is 13.8 Å². The van der Waals surface area contributed by atoms with Crippen LogP contribution in [0.3, 0.4) is 0 Å². The van der Waals surface area contributed by atoms with Crippen molar-refractivity contribution >= 4 is 42.6 Å². The van der Waals surface area contributed by atoms with Crippen molar-refractivity contribution in [2.24, 2.45) is 0 Å². The largest absolute Gasteiger partial charge is 0.493 e. The first kappa shape index (κ1) is 21.6. The molecule has 2 aromatic carbocycles. The van der Waals surface area contributed by atoms with Gasteiger partial charge in [-0.05, 0) is 86.4 Å². The average molecular weight is 486 g/mol. The van der Waals surface area contributed by atoms with Crippen LogP contribution < -0.4 is 9.47 Å². The summed E-state index contributed by atoms with van der Waals surface area (Å²) in [6.45, 7) is 5.87. The van der Waals surface area contributed by atoms with Crippen LogP contribution in [-0.4, -0.2) is 23.9 Å². The molecular formula is C22H30Br2O2. The molecule has 0 aliphatic carbocycles. The lowest BCUT2D eigenvalue weighted by Crippen LogP contribution is -2.01. The SMILES string of the molecule is Cc1c(OCCCCCBr)ccc2c(C)c(OCCCCCBr)ccc12. The van der Waals surface area contributed by atoms with Gasteiger partial charge in [-0.15, -0.1) is 0 Å². The molecule has 0 heterocycles. The van der Waals surface area contributed by atoms with Gasteiger partial charge in [-0.2, -0.15) is 0 Å². The molecule has 144 valence electrons. The number of alkyl halides is 2. The van der Waals surface area contributed by atoms with Gasteiger partial charge in [0.1, 0.15) is 11.5 Å². The second-order valence-corrected chi connectivity index (χ2v) is 8.25. The minimum atomic E-state index is 0.786. The molecule has 0 saturated carbocycles. The van der Waals surface area contributed by atoms with Gasteiger partial charge in [-0.25, -0.2) is 0 Å². The molecule has 2 aromatic rings. The van der Waals surface area contributed by atoms with Gasteiger partial charge in [-0.1, -0.05) is 44.0 Å². The van der Waals surface area contributed by atoms with E-state index in [-0.39, 0.29) is 0 Å². The topological polar surface area (TPSA) is 18.5 Å². The van der Waals surface area contributed by atoms with Crippen molar-refractivity contribution in [3.8, 4) is 11.5 Å². The zero-order valence-corrected chi connectivity index (χ0v) is 19.1. The molecule has 0 aliphatic rings. The minimum Gasteiger partial charge on any atom is -0.493 e. The van der Waals surface area contributed by atoms with E-state index in [1.54, 1.807) is 0 Å². The number of ether oxygens (including phenoxy) is 2. The number of aryl methyl sites for hydroxylation is 2. The highest BCUT2D eigenvalue weighted by Crippen LogP contribution is 2.33. The van der Waals surface area contributed by atoms with Crippen molar-refractivity contribution in [2.75, 3.05) is 23.9 Å². The highest BCUT2D eigenvalue weighted by molar-refractivity contribution is 9.09. The number of unbranched alkanes of at least 4 members (excludes halogenated alkanes) is 4. The van der Waals surface area contributed by atoms with Gasteiger partial charge in [-0.3, -0.25) is 0 Å². The number of halogens is 2. The molecule has 0 aromatic heterocycles. The van der Waals surface area contributed by atoms with E-state index in [1.165, 1.54) is 47.6 Å². The fraction of sp³-hybridized carbons (Fsp3) is 0.545. The predicted molar refractivity (Wildman–Crippen MR) is 120 cm³/mol. The van der Waals surface area contributed by atoms with Gasteiger partial charge >= 0.3 is 0 Å². The van der Waals surface area contributed by atoms with Gasteiger partial charge < -0.3 is 9.47 Å². The maximum atomic E-state index is 6.01. The summed E-state index contributed by atoms with van der Waals surface area (Å²) in [6.07, 6.45) is 7.02. The molecule has 4 heteroatoms. The molecule has 0 radical (unpaired) electrons. The number of fused-ring (bicyclic) bond motifs is 1. The second-order valence-electron chi connectivity index (χ2n) is 6.67. The Bertz CT molecular complexity index is 626. The van der Waals surface area contributed by atoms with Crippen LogP contribution in [0.15, 0.2) is 24.3 Å². The standard InChI is InChI=1S/C22H30Br2O2/c1-17-19-9-12-22(26-16-8-4-6-14-24)18(2)20(19)10-11-21(17)25-15-7-3-5-13-23/h9-12H,3-8,13-16H2,1-2H3. The van der Waals surface area contributed by atoms with Crippen molar-refractivity contribution in [1.29, 1.82) is 0 Å². The molecular weight excluding hydrogens is 456 g/mol. The summed E-state index contributed by atoms with van der Waals surface area (Å²) in [6, 6.07) is 8.55. The van der Waals surface area contributed by atoms with Crippen LogP contribution >= 0.6 is 31.9 Å². The maximum Gasteiger partial charge on any atom is 0.122 e. The van der Waals surface area contributed by atoms with E-state index in [0.717, 1.165) is 48.2 Å². The number of hydrogen-bond acceptors (Lipinski definition) is 2. The molecule has 0 spiro atoms. The molecule has 0 aliphatic heterocycles. The first-order valence-corrected chi connectivity index (χ1v) is 11.8. The van der Waals surface area contributed by atoms with E-state index >= 15 is 0 Å². The summed E-state index contributed by atoms with van der Waals surface area (Å²) in [5.41, 5.74) is 2.44. The quantitative estimate of drug-likeness (QED) is 0.231. The molecule has 0 atom stereocenters. The first-order valence-electron chi connectivity index (χ1n) is 9.59. The fourth-order valence-electron chi connectivity index (χ4n) is 3.09. The van der Waals surface area contributed by atoms with E-state index in [2.05, 4.69) is 70.0 Å². The van der Waals surface area contributed by atoms with Crippen LogP contribution in [0.25, 0.3) is 10.8 Å². The summed E-state index contributed by atoms with van der Waals surface area (Å²) < 4.78 is 12.0. The monoisotopic (exact) mass is 484 g/mol. The smallest absolute Gasteiger partial charge is 0.122 e. The summed E-state index contributed by atoms with van der Waals surface area (Å²) in [5, 5.41) is 4.66. The van der Waals surface area contributed by atoms with Gasteiger partial charge in [0.2, 0.25) is 0 Å². The van der Waals surface area contributed by atoms with E-state index in [1.807, 2.05) is 0 Å². The van der Waals surface area contributed by atoms with E-state index in [0.29, 0.717) is 0 Å². The highest BCUT2D eigenvalue weighted by atomic mass is 79.9. The Morgan fingerprint density at radius 3 is 1.42 bits per heavy atom. The lowest BCUT2D eigenvalue weighted by molar-refractivity contribution is 0.304. The van der Waals surface area contributed by atoms with E-state index in [4.69, 9.17) is 9.47 Å². The van der Waals surface area contributed by atoms with Crippen LogP contribution in [0.5, 0.6) is 11.5 Å². The normalized spacial score (nSPS) is 11.1. The van der Waals surface area contributed by atoms with Crippen LogP contribution in [0.1, 0.15) is 49.7 Å². The molecule has 26 heavy (non-hydrogen) atoms. The minimum absolute atomic E-state index is 0.786. The molecule has 2 nitrogen and oxygen atoms in total. The molecule has 0 N–H and O–H groups in total. The predicted octanol–water partition coefficient (Wildman–Crippen LogP) is 7.34. The summed E-state index contributed by atoms with van der Waals surface area (Å²) in [5.74, 6) is 2.00. The van der Waals surface area contributed by atoms with Crippen LogP contribution in [0.4, 0.5) is 0 Å². The molecule has 0 amide bonds. The van der Waals surface area contributed by atoms with Gasteiger partial charge in [0.05, 0.1) is 13.2 Å². The van der Waals surface area contributed by atoms with Crippen molar-refractivity contribution in [3.63, 3.8) is 0 Å². The van der Waals surface area contributed by atoms with Crippen molar-refractivity contribution in [1.82, 2.24) is 0 Å². The van der Waals surface area contributed by atoms with Gasteiger partial charge in [0.25, 0.3) is 0 Å². The highest BCUT2D eigenvalue weighted by Gasteiger charge is 2.10. The van der Waals surface area contributed by atoms with Gasteiger partial charge in [0.15, 0.2) is 0 Å². The average Bonchev–Trinajstić information content (AvgIpc) is 2.65. The van der Waals surface area contributed by atoms with Crippen LogP contribution in [0.2, 0.25) is 0 Å². The summed E-state index contributed by atoms with van der Waals surface area (Å²) >= 11 is 6.94. The molecule has 2 rings (SSSR count). The number of hydrogen-bond donors (Lipinski definition) is 0. The molecule has 0 saturated heterocycles. The lowest BCUT2D eigenvalue weighted by Gasteiger charge is -2.15. The van der Waals surface area contributed by atoms with Crippen LogP contribution in [-0.2, 0) is 0 Å². The Kier molecular flexibility index (Phi) is 9.84. The Hall–Kier alpha value is -0.740. The zero-order valence-electron chi connectivity index (χ0n) is 16.0. The summed E-state index contributed by atoms with van der Waals surface area (Å²) in [4.78, 5) is 0. The molecule has 0 fully saturated rings. The van der Waals surface area contributed by atoms with Crippen molar-refractivity contribution < 1.29 is 9.47 Å². The number of benzene rings is 2. The number of rotatable bonds is 12. The van der Waals surface area contributed by atoms with E-state index in [9.17, 15) is 0 Å². The first-order chi connectivity index (χ1) is 12.7. The molecule has 0 bridgehead atoms. The third kappa shape index (κ3) is 6.16. The maximum absolute atomic E-state index is 6.01. The molecule has 0 unspecified atom stereocenters. The fourth-order valence-corrected chi connectivity index (χ4v) is 3.88. The van der Waals surface area contributed by atoms with Crippen molar-refractivity contribution in [2.45, 2.75) is 52.4 Å². The lowest BCUT2D eigenvalue weighted by atomic mass is 10.00.